The minimum atomic E-state index is -1.20. The van der Waals surface area contributed by atoms with Crippen molar-refractivity contribution in [3.63, 3.8) is 0 Å². The fourth-order valence-electron chi connectivity index (χ4n) is 2.36. The van der Waals surface area contributed by atoms with Gasteiger partial charge in [-0.25, -0.2) is 4.98 Å². The molecule has 0 saturated carbocycles. The molecule has 2 heterocycles. The minimum absolute atomic E-state index is 0.194. The molecular formula is C17H13N2O3S2-. The highest BCUT2D eigenvalue weighted by Gasteiger charge is 2.16. The maximum absolute atomic E-state index is 12.9. The van der Waals surface area contributed by atoms with E-state index >= 15 is 0 Å². The molecule has 122 valence electrons. The second-order valence-corrected chi connectivity index (χ2v) is 6.76. The highest BCUT2D eigenvalue weighted by molar-refractivity contribution is 7.99. The Hall–Kier alpha value is -2.38. The molecule has 0 atom stereocenters. The summed E-state index contributed by atoms with van der Waals surface area (Å²) in [4.78, 5) is 28.7. The number of carboxylic acids is 1. The van der Waals surface area contributed by atoms with E-state index < -0.39 is 5.97 Å². The Morgan fingerprint density at radius 2 is 2.12 bits per heavy atom. The van der Waals surface area contributed by atoms with Gasteiger partial charge in [-0.3, -0.25) is 9.36 Å². The van der Waals surface area contributed by atoms with Gasteiger partial charge in [0.1, 0.15) is 4.83 Å². The Bertz CT molecular complexity index is 961. The molecule has 0 radical (unpaired) electrons. The molecule has 0 aliphatic carbocycles. The van der Waals surface area contributed by atoms with E-state index in [1.165, 1.54) is 15.9 Å². The van der Waals surface area contributed by atoms with Crippen molar-refractivity contribution >= 4 is 39.3 Å². The molecule has 24 heavy (non-hydrogen) atoms. The van der Waals surface area contributed by atoms with Crippen molar-refractivity contribution in [3.05, 3.63) is 58.7 Å². The zero-order chi connectivity index (χ0) is 17.1. The molecule has 1 aromatic carbocycles. The molecule has 0 aliphatic heterocycles. The van der Waals surface area contributed by atoms with Gasteiger partial charge in [0.2, 0.25) is 0 Å². The number of thiophene rings is 1. The van der Waals surface area contributed by atoms with Gasteiger partial charge in [0.25, 0.3) is 5.56 Å². The normalized spacial score (nSPS) is 10.8. The summed E-state index contributed by atoms with van der Waals surface area (Å²) in [6.45, 7) is 3.92. The smallest absolute Gasteiger partial charge is 0.263 e. The van der Waals surface area contributed by atoms with E-state index in [0.717, 1.165) is 22.9 Å². The van der Waals surface area contributed by atoms with Crippen LogP contribution in [-0.2, 0) is 11.3 Å². The third-order valence-electron chi connectivity index (χ3n) is 3.37. The van der Waals surface area contributed by atoms with Gasteiger partial charge in [0.15, 0.2) is 5.16 Å². The number of carbonyl (C=O) groups is 1. The first-order chi connectivity index (χ1) is 11.6. The van der Waals surface area contributed by atoms with Gasteiger partial charge in [-0.15, -0.1) is 17.9 Å². The molecule has 0 aliphatic rings. The van der Waals surface area contributed by atoms with Crippen molar-refractivity contribution in [1.29, 1.82) is 0 Å². The molecule has 0 bridgehead atoms. The summed E-state index contributed by atoms with van der Waals surface area (Å²) >= 11 is 2.35. The molecule has 0 saturated heterocycles. The van der Waals surface area contributed by atoms with E-state index in [0.29, 0.717) is 15.4 Å². The van der Waals surface area contributed by atoms with Crippen LogP contribution in [0.15, 0.2) is 58.3 Å². The van der Waals surface area contributed by atoms with Gasteiger partial charge < -0.3 is 9.90 Å². The lowest BCUT2D eigenvalue weighted by molar-refractivity contribution is -0.301. The van der Waals surface area contributed by atoms with E-state index in [1.807, 2.05) is 35.7 Å². The molecule has 3 rings (SSSR count). The SMILES string of the molecule is C=CCn1c(SCC(=O)[O-])nc2scc(-c3ccccc3)c2c1=O. The Morgan fingerprint density at radius 1 is 1.38 bits per heavy atom. The second-order valence-electron chi connectivity index (χ2n) is 4.96. The summed E-state index contributed by atoms with van der Waals surface area (Å²) in [6.07, 6.45) is 1.59. The van der Waals surface area contributed by atoms with Crippen LogP contribution in [0.1, 0.15) is 0 Å². The van der Waals surface area contributed by atoms with Crippen molar-refractivity contribution in [1.82, 2.24) is 9.55 Å². The standard InChI is InChI=1S/C17H14N2O3S2/c1-2-8-19-16(22)14-12(11-6-4-3-5-7-11)9-23-15(14)18-17(19)24-10-13(20)21/h2-7,9H,1,8,10H2,(H,20,21)/p-1. The largest absolute Gasteiger partial charge is 0.549 e. The van der Waals surface area contributed by atoms with Crippen molar-refractivity contribution in [2.45, 2.75) is 11.7 Å². The minimum Gasteiger partial charge on any atom is -0.549 e. The highest BCUT2D eigenvalue weighted by Crippen LogP contribution is 2.32. The Labute approximate surface area is 146 Å². The Balaban J connectivity index is 2.20. The zero-order valence-electron chi connectivity index (χ0n) is 12.6. The number of fused-ring (bicyclic) bond motifs is 1. The first-order valence-electron chi connectivity index (χ1n) is 7.13. The number of nitrogens with zero attached hydrogens (tertiary/aromatic N) is 2. The number of benzene rings is 1. The van der Waals surface area contributed by atoms with Gasteiger partial charge >= 0.3 is 0 Å². The van der Waals surface area contributed by atoms with Crippen molar-refractivity contribution < 1.29 is 9.90 Å². The topological polar surface area (TPSA) is 75.0 Å². The van der Waals surface area contributed by atoms with E-state index in [9.17, 15) is 14.7 Å². The lowest BCUT2D eigenvalue weighted by Crippen LogP contribution is -2.26. The van der Waals surface area contributed by atoms with Crippen LogP contribution in [0.25, 0.3) is 21.3 Å². The van der Waals surface area contributed by atoms with Crippen LogP contribution < -0.4 is 10.7 Å². The molecular weight excluding hydrogens is 344 g/mol. The third kappa shape index (κ3) is 3.13. The summed E-state index contributed by atoms with van der Waals surface area (Å²) in [5, 5.41) is 13.5. The van der Waals surface area contributed by atoms with Gasteiger partial charge in [-0.05, 0) is 5.56 Å². The second kappa shape index (κ2) is 7.02. The molecule has 2 aromatic heterocycles. The monoisotopic (exact) mass is 357 g/mol. The van der Waals surface area contributed by atoms with Crippen LogP contribution in [0.4, 0.5) is 0 Å². The summed E-state index contributed by atoms with van der Waals surface area (Å²) < 4.78 is 1.45. The molecule has 3 aromatic rings. The summed E-state index contributed by atoms with van der Waals surface area (Å²) in [5.41, 5.74) is 1.59. The van der Waals surface area contributed by atoms with Crippen molar-refractivity contribution in [2.24, 2.45) is 0 Å². The lowest BCUT2D eigenvalue weighted by atomic mass is 10.1. The molecule has 0 N–H and O–H groups in total. The number of carbonyl (C=O) groups excluding carboxylic acids is 1. The third-order valence-corrected chi connectivity index (χ3v) is 5.20. The van der Waals surface area contributed by atoms with Crippen molar-refractivity contribution in [3.8, 4) is 11.1 Å². The maximum Gasteiger partial charge on any atom is 0.263 e. The summed E-state index contributed by atoms with van der Waals surface area (Å²) in [5.74, 6) is -1.46. The van der Waals surface area contributed by atoms with E-state index in [-0.39, 0.29) is 17.9 Å². The summed E-state index contributed by atoms with van der Waals surface area (Å²) in [6, 6.07) is 9.63. The fraction of sp³-hybridized carbons (Fsp3) is 0.118. The number of hydrogen-bond acceptors (Lipinski definition) is 6. The van der Waals surface area contributed by atoms with E-state index in [2.05, 4.69) is 11.6 Å². The predicted octanol–water partition coefficient (Wildman–Crippen LogP) is 2.15. The van der Waals surface area contributed by atoms with Crippen LogP contribution in [0, 0.1) is 0 Å². The van der Waals surface area contributed by atoms with E-state index in [4.69, 9.17) is 0 Å². The van der Waals surface area contributed by atoms with Gasteiger partial charge in [0, 0.05) is 23.2 Å². The van der Waals surface area contributed by atoms with E-state index in [1.54, 1.807) is 6.08 Å². The number of hydrogen-bond donors (Lipinski definition) is 0. The van der Waals surface area contributed by atoms with Crippen LogP contribution in [0.5, 0.6) is 0 Å². The Morgan fingerprint density at radius 3 is 2.79 bits per heavy atom. The van der Waals surface area contributed by atoms with Gasteiger partial charge in [-0.1, -0.05) is 48.2 Å². The maximum atomic E-state index is 12.9. The van der Waals surface area contributed by atoms with Crippen LogP contribution in [-0.4, -0.2) is 21.3 Å². The van der Waals surface area contributed by atoms with Crippen LogP contribution >= 0.6 is 23.1 Å². The van der Waals surface area contributed by atoms with Crippen LogP contribution in [0.2, 0.25) is 0 Å². The number of aliphatic carboxylic acids is 1. The highest BCUT2D eigenvalue weighted by atomic mass is 32.2. The molecule has 0 unspecified atom stereocenters. The average molecular weight is 357 g/mol. The molecule has 0 spiro atoms. The molecule has 0 amide bonds. The number of thioether (sulfide) groups is 1. The Kier molecular flexibility index (Phi) is 4.82. The number of allylic oxidation sites excluding steroid dienone is 1. The molecule has 7 heteroatoms. The first kappa shape index (κ1) is 16.5. The summed E-state index contributed by atoms with van der Waals surface area (Å²) in [7, 11) is 0. The lowest BCUT2D eigenvalue weighted by Gasteiger charge is -2.11. The molecule has 5 nitrogen and oxygen atoms in total. The quantitative estimate of drug-likeness (QED) is 0.384. The number of aromatic nitrogens is 2. The first-order valence-corrected chi connectivity index (χ1v) is 8.99. The van der Waals surface area contributed by atoms with Gasteiger partial charge in [-0.2, -0.15) is 0 Å². The zero-order valence-corrected chi connectivity index (χ0v) is 14.2. The van der Waals surface area contributed by atoms with Crippen molar-refractivity contribution in [2.75, 3.05) is 5.75 Å². The fourth-order valence-corrected chi connectivity index (χ4v) is 4.07. The van der Waals surface area contributed by atoms with Crippen LogP contribution in [0.3, 0.4) is 0 Å². The number of rotatable bonds is 6. The predicted molar refractivity (Wildman–Crippen MR) is 95.2 cm³/mol. The number of carboxylic acid groups (broad SMARTS) is 1. The molecule has 0 fully saturated rings. The average Bonchev–Trinajstić information content (AvgIpc) is 3.01. The van der Waals surface area contributed by atoms with Gasteiger partial charge in [0.05, 0.1) is 11.4 Å².